The van der Waals surface area contributed by atoms with Gasteiger partial charge in [-0.1, -0.05) is 18.2 Å². The molecule has 0 aliphatic heterocycles. The van der Waals surface area contributed by atoms with Crippen molar-refractivity contribution in [3.05, 3.63) is 75.6 Å². The van der Waals surface area contributed by atoms with E-state index in [0.717, 1.165) is 34.9 Å². The number of carbonyl (C=O) groups excluding carboxylic acids is 1. The molecule has 2 N–H and O–H groups in total. The molecule has 3 aromatic rings. The number of aromatic amines is 1. The van der Waals surface area contributed by atoms with E-state index in [4.69, 9.17) is 4.42 Å². The number of H-pyrrole nitrogens is 1. The molecule has 4 rings (SSSR count). The van der Waals surface area contributed by atoms with Gasteiger partial charge in [0.25, 0.3) is 5.56 Å². The molecular weight excluding hydrogens is 342 g/mol. The minimum absolute atomic E-state index is 0.0108. The molecule has 1 aliphatic carbocycles. The maximum absolute atomic E-state index is 12.8. The monoisotopic (exact) mass is 365 g/mol. The number of benzene rings is 1. The highest BCUT2D eigenvalue weighted by molar-refractivity contribution is 5.78. The number of amides is 1. The SMILES string of the molecule is Cc1ccc(CNC(=O)C2CCc3[nH]n(-c4ccccc4)c(=O)c3CC2)o1. The number of aromatic nitrogens is 2. The standard InChI is InChI=1S/C21H23N3O3/c1-14-7-10-17(27-14)13-22-20(25)15-8-11-18-19(12-9-15)23-24(21(18)26)16-5-3-2-4-6-16/h2-7,10,15,23H,8-9,11-13H2,1H3,(H,22,25). The third-order valence-electron chi connectivity index (χ3n) is 5.18. The largest absolute Gasteiger partial charge is 0.465 e. The van der Waals surface area contributed by atoms with Crippen LogP contribution in [0.3, 0.4) is 0 Å². The van der Waals surface area contributed by atoms with E-state index in [9.17, 15) is 9.59 Å². The Kier molecular flexibility index (Phi) is 4.71. The predicted molar refractivity (Wildman–Crippen MR) is 102 cm³/mol. The minimum atomic E-state index is -0.0913. The Morgan fingerprint density at radius 3 is 2.70 bits per heavy atom. The molecule has 2 heterocycles. The number of aryl methyl sites for hydroxylation is 2. The van der Waals surface area contributed by atoms with Crippen LogP contribution >= 0.6 is 0 Å². The fraction of sp³-hybridized carbons (Fsp3) is 0.333. The van der Waals surface area contributed by atoms with Gasteiger partial charge < -0.3 is 9.73 Å². The average molecular weight is 365 g/mol. The Balaban J connectivity index is 1.43. The lowest BCUT2D eigenvalue weighted by molar-refractivity contribution is -0.125. The Morgan fingerprint density at radius 1 is 1.19 bits per heavy atom. The molecule has 1 aliphatic rings. The van der Waals surface area contributed by atoms with Crippen LogP contribution in [-0.4, -0.2) is 15.7 Å². The third kappa shape index (κ3) is 3.60. The van der Waals surface area contributed by atoms with Crippen molar-refractivity contribution in [2.45, 2.75) is 39.2 Å². The average Bonchev–Trinajstić information content (AvgIpc) is 3.16. The van der Waals surface area contributed by atoms with Gasteiger partial charge in [-0.15, -0.1) is 0 Å². The molecule has 0 radical (unpaired) electrons. The quantitative estimate of drug-likeness (QED) is 0.698. The second-order valence-corrected chi connectivity index (χ2v) is 7.05. The summed E-state index contributed by atoms with van der Waals surface area (Å²) in [4.78, 5) is 25.3. The van der Waals surface area contributed by atoms with Gasteiger partial charge in [0.1, 0.15) is 11.5 Å². The molecule has 1 aromatic carbocycles. The van der Waals surface area contributed by atoms with Crippen LogP contribution in [0, 0.1) is 12.8 Å². The van der Waals surface area contributed by atoms with Crippen LogP contribution in [0.5, 0.6) is 0 Å². The zero-order valence-electron chi connectivity index (χ0n) is 15.3. The van der Waals surface area contributed by atoms with E-state index >= 15 is 0 Å². The summed E-state index contributed by atoms with van der Waals surface area (Å²) in [5, 5.41) is 6.19. The summed E-state index contributed by atoms with van der Waals surface area (Å²) in [6.45, 7) is 2.28. The molecular formula is C21H23N3O3. The number of carbonyl (C=O) groups is 1. The number of hydrogen-bond acceptors (Lipinski definition) is 3. The summed E-state index contributed by atoms with van der Waals surface area (Å²) in [6.07, 6.45) is 2.72. The molecule has 0 spiro atoms. The van der Waals surface area contributed by atoms with Crippen molar-refractivity contribution >= 4 is 5.91 Å². The lowest BCUT2D eigenvalue weighted by atomic mass is 9.99. The third-order valence-corrected chi connectivity index (χ3v) is 5.18. The van der Waals surface area contributed by atoms with Crippen molar-refractivity contribution in [1.29, 1.82) is 0 Å². The molecule has 6 nitrogen and oxygen atoms in total. The van der Waals surface area contributed by atoms with E-state index in [-0.39, 0.29) is 17.4 Å². The van der Waals surface area contributed by atoms with Crippen LogP contribution in [0.15, 0.2) is 51.7 Å². The minimum Gasteiger partial charge on any atom is -0.465 e. The second-order valence-electron chi connectivity index (χ2n) is 7.05. The van der Waals surface area contributed by atoms with E-state index < -0.39 is 0 Å². The first-order valence-electron chi connectivity index (χ1n) is 9.33. The van der Waals surface area contributed by atoms with Gasteiger partial charge in [-0.25, -0.2) is 4.68 Å². The molecule has 1 unspecified atom stereocenters. The molecule has 27 heavy (non-hydrogen) atoms. The molecule has 1 atom stereocenters. The lowest BCUT2D eigenvalue weighted by Gasteiger charge is -2.13. The molecule has 2 aromatic heterocycles. The molecule has 0 saturated heterocycles. The van der Waals surface area contributed by atoms with Crippen molar-refractivity contribution in [3.8, 4) is 5.69 Å². The van der Waals surface area contributed by atoms with Crippen molar-refractivity contribution < 1.29 is 9.21 Å². The first-order valence-corrected chi connectivity index (χ1v) is 9.33. The van der Waals surface area contributed by atoms with Gasteiger partial charge in [0, 0.05) is 17.2 Å². The summed E-state index contributed by atoms with van der Waals surface area (Å²) in [5.41, 5.74) is 2.57. The van der Waals surface area contributed by atoms with E-state index in [0.29, 0.717) is 25.8 Å². The zero-order chi connectivity index (χ0) is 18.8. The summed E-state index contributed by atoms with van der Waals surface area (Å²) in [5.74, 6) is 1.52. The van der Waals surface area contributed by atoms with Gasteiger partial charge >= 0.3 is 0 Å². The molecule has 0 fully saturated rings. The summed E-state index contributed by atoms with van der Waals surface area (Å²) >= 11 is 0. The second kappa shape index (κ2) is 7.31. The normalized spacial score (nSPS) is 16.6. The molecule has 0 bridgehead atoms. The van der Waals surface area contributed by atoms with Crippen LogP contribution in [0.25, 0.3) is 5.69 Å². The summed E-state index contributed by atoms with van der Waals surface area (Å²) in [7, 11) is 0. The van der Waals surface area contributed by atoms with Crippen LogP contribution in [0.2, 0.25) is 0 Å². The zero-order valence-corrected chi connectivity index (χ0v) is 15.3. The number of furan rings is 1. The van der Waals surface area contributed by atoms with Crippen LogP contribution < -0.4 is 10.9 Å². The maximum Gasteiger partial charge on any atom is 0.274 e. The smallest absolute Gasteiger partial charge is 0.274 e. The number of nitrogens with one attached hydrogen (secondary N) is 2. The van der Waals surface area contributed by atoms with Gasteiger partial charge in [0.15, 0.2) is 0 Å². The van der Waals surface area contributed by atoms with E-state index in [2.05, 4.69) is 10.4 Å². The Morgan fingerprint density at radius 2 is 1.96 bits per heavy atom. The van der Waals surface area contributed by atoms with Gasteiger partial charge in [0.2, 0.25) is 5.91 Å². The van der Waals surface area contributed by atoms with E-state index in [1.54, 1.807) is 4.68 Å². The number of nitrogens with zero attached hydrogens (tertiary/aromatic N) is 1. The molecule has 6 heteroatoms. The fourth-order valence-electron chi connectivity index (χ4n) is 3.68. The maximum atomic E-state index is 12.8. The summed E-state index contributed by atoms with van der Waals surface area (Å²) < 4.78 is 7.09. The van der Waals surface area contributed by atoms with E-state index in [1.165, 1.54) is 0 Å². The first-order chi connectivity index (χ1) is 13.1. The number of rotatable bonds is 4. The predicted octanol–water partition coefficient (Wildman–Crippen LogP) is 2.88. The number of hydrogen-bond donors (Lipinski definition) is 2. The highest BCUT2D eigenvalue weighted by atomic mass is 16.3. The fourth-order valence-corrected chi connectivity index (χ4v) is 3.68. The Hall–Kier alpha value is -3.02. The Labute approximate surface area is 157 Å². The van der Waals surface area contributed by atoms with Crippen molar-refractivity contribution in [2.24, 2.45) is 5.92 Å². The van der Waals surface area contributed by atoms with E-state index in [1.807, 2.05) is 49.4 Å². The van der Waals surface area contributed by atoms with Crippen molar-refractivity contribution in [2.75, 3.05) is 0 Å². The highest BCUT2D eigenvalue weighted by Gasteiger charge is 2.26. The lowest BCUT2D eigenvalue weighted by Crippen LogP contribution is -2.30. The van der Waals surface area contributed by atoms with Crippen LogP contribution in [0.1, 0.15) is 35.6 Å². The highest BCUT2D eigenvalue weighted by Crippen LogP contribution is 2.23. The topological polar surface area (TPSA) is 80.0 Å². The van der Waals surface area contributed by atoms with Gasteiger partial charge in [-0.2, -0.15) is 0 Å². The molecule has 140 valence electrons. The molecule has 0 saturated carbocycles. The number of para-hydroxylation sites is 1. The van der Waals surface area contributed by atoms with Gasteiger partial charge in [-0.3, -0.25) is 14.7 Å². The summed E-state index contributed by atoms with van der Waals surface area (Å²) in [6, 6.07) is 13.3. The Bertz CT molecular complexity index is 997. The van der Waals surface area contributed by atoms with Crippen LogP contribution in [0.4, 0.5) is 0 Å². The van der Waals surface area contributed by atoms with Gasteiger partial charge in [-0.05, 0) is 56.9 Å². The first kappa shape index (κ1) is 17.4. The van der Waals surface area contributed by atoms with Crippen molar-refractivity contribution in [3.63, 3.8) is 0 Å². The molecule has 1 amide bonds. The number of fused-ring (bicyclic) bond motifs is 1. The van der Waals surface area contributed by atoms with Gasteiger partial charge in [0.05, 0.1) is 12.2 Å². The van der Waals surface area contributed by atoms with Crippen molar-refractivity contribution in [1.82, 2.24) is 15.1 Å². The van der Waals surface area contributed by atoms with Crippen LogP contribution in [-0.2, 0) is 24.2 Å².